The van der Waals surface area contributed by atoms with Gasteiger partial charge in [-0.15, -0.1) is 0 Å². The van der Waals surface area contributed by atoms with E-state index in [2.05, 4.69) is 23.3 Å². The molecule has 1 N–H and O–H groups in total. The molecular weight excluding hydrogens is 376 g/mol. The molecule has 0 radical (unpaired) electrons. The number of rotatable bonds is 6. The molecule has 6 nitrogen and oxygen atoms in total. The van der Waals surface area contributed by atoms with Crippen LogP contribution in [-0.2, 0) is 13.0 Å². The van der Waals surface area contributed by atoms with Crippen molar-refractivity contribution >= 4 is 5.95 Å². The lowest BCUT2D eigenvalue weighted by atomic mass is 10.0. The van der Waals surface area contributed by atoms with Gasteiger partial charge in [-0.25, -0.2) is 4.98 Å². The van der Waals surface area contributed by atoms with Gasteiger partial charge in [0.1, 0.15) is 18.5 Å². The Hall–Kier alpha value is -3.28. The zero-order valence-corrected chi connectivity index (χ0v) is 17.3. The maximum Gasteiger partial charge on any atom is 0.274 e. The minimum absolute atomic E-state index is 0.116. The summed E-state index contributed by atoms with van der Waals surface area (Å²) < 4.78 is 7.71. The molecule has 3 aromatic rings. The number of hydrogen-bond donors (Lipinski definition) is 1. The third kappa shape index (κ3) is 3.54. The molecule has 0 saturated heterocycles. The van der Waals surface area contributed by atoms with E-state index in [1.165, 1.54) is 24.0 Å². The van der Waals surface area contributed by atoms with Gasteiger partial charge in [-0.2, -0.15) is 4.68 Å². The van der Waals surface area contributed by atoms with E-state index in [4.69, 9.17) is 4.74 Å². The van der Waals surface area contributed by atoms with Crippen molar-refractivity contribution in [3.05, 3.63) is 87.3 Å². The van der Waals surface area contributed by atoms with E-state index in [1.54, 1.807) is 10.7 Å². The normalized spacial score (nSPS) is 17.5. The van der Waals surface area contributed by atoms with Crippen LogP contribution in [0.5, 0.6) is 5.75 Å². The first-order chi connectivity index (χ1) is 14.6. The summed E-state index contributed by atoms with van der Waals surface area (Å²) in [5.41, 5.74) is 4.12. The minimum atomic E-state index is -0.135. The van der Waals surface area contributed by atoms with Crippen LogP contribution in [0.15, 0.2) is 59.4 Å². The maximum atomic E-state index is 12.8. The van der Waals surface area contributed by atoms with Crippen molar-refractivity contribution in [1.29, 1.82) is 0 Å². The first-order valence-corrected chi connectivity index (χ1v) is 10.5. The standard InChI is InChI=1S/C24H26N4O2/c1-16-7-6-10-21(20(16)13-17-11-12-17)30-15-19-14-22(29)28-24(25-19)26-23(27(28)2)18-8-4-3-5-9-18/h3-10,14,17,23H,11-13,15H2,1-2H3,(H,25,26). The summed E-state index contributed by atoms with van der Waals surface area (Å²) in [6.45, 7) is 2.40. The lowest BCUT2D eigenvalue weighted by molar-refractivity contribution is 0.297. The second kappa shape index (κ2) is 7.52. The third-order valence-corrected chi connectivity index (χ3v) is 5.95. The Balaban J connectivity index is 1.37. The number of aryl methyl sites for hydroxylation is 1. The summed E-state index contributed by atoms with van der Waals surface area (Å²) in [5.74, 6) is 2.22. The molecule has 6 heteroatoms. The molecule has 0 amide bonds. The number of nitrogens with one attached hydrogen (secondary N) is 1. The minimum Gasteiger partial charge on any atom is -0.487 e. The van der Waals surface area contributed by atoms with Gasteiger partial charge in [0.15, 0.2) is 0 Å². The van der Waals surface area contributed by atoms with E-state index < -0.39 is 0 Å². The van der Waals surface area contributed by atoms with E-state index in [1.807, 2.05) is 54.5 Å². The molecule has 1 aromatic heterocycles. The number of benzene rings is 2. The molecule has 5 rings (SSSR count). The zero-order chi connectivity index (χ0) is 20.7. The summed E-state index contributed by atoms with van der Waals surface area (Å²) in [6, 6.07) is 17.8. The van der Waals surface area contributed by atoms with E-state index in [0.717, 1.165) is 23.7 Å². The van der Waals surface area contributed by atoms with Gasteiger partial charge in [-0.3, -0.25) is 9.80 Å². The second-order valence-electron chi connectivity index (χ2n) is 8.24. The Morgan fingerprint density at radius 2 is 1.93 bits per heavy atom. The average Bonchev–Trinajstić information content (AvgIpc) is 3.50. The molecule has 2 aliphatic rings. The van der Waals surface area contributed by atoms with Gasteiger partial charge in [-0.05, 0) is 54.9 Å². The number of ether oxygens (including phenoxy) is 1. The number of fused-ring (bicyclic) bond motifs is 1. The SMILES string of the molecule is Cc1cccc(OCc2cc(=O)n3c(n2)NC(c2ccccc2)N3C)c1CC1CC1. The molecule has 2 aromatic carbocycles. The van der Waals surface area contributed by atoms with Crippen molar-refractivity contribution in [2.45, 2.75) is 39.0 Å². The Labute approximate surface area is 176 Å². The van der Waals surface area contributed by atoms with Crippen molar-refractivity contribution in [1.82, 2.24) is 9.66 Å². The number of anilines is 1. The van der Waals surface area contributed by atoms with Crippen molar-refractivity contribution in [2.24, 2.45) is 5.92 Å². The van der Waals surface area contributed by atoms with Gasteiger partial charge in [0.2, 0.25) is 5.95 Å². The summed E-state index contributed by atoms with van der Waals surface area (Å²) in [7, 11) is 1.89. The topological polar surface area (TPSA) is 59.4 Å². The molecule has 2 heterocycles. The van der Waals surface area contributed by atoms with Gasteiger partial charge >= 0.3 is 0 Å². The molecule has 154 valence electrons. The summed E-state index contributed by atoms with van der Waals surface area (Å²) >= 11 is 0. The highest BCUT2D eigenvalue weighted by atomic mass is 16.5. The monoisotopic (exact) mass is 402 g/mol. The predicted molar refractivity (Wildman–Crippen MR) is 117 cm³/mol. The molecule has 30 heavy (non-hydrogen) atoms. The van der Waals surface area contributed by atoms with Gasteiger partial charge in [0, 0.05) is 13.1 Å². The first-order valence-electron chi connectivity index (χ1n) is 10.5. The Bertz CT molecular complexity index is 1120. The largest absolute Gasteiger partial charge is 0.487 e. The van der Waals surface area contributed by atoms with Gasteiger partial charge in [0.05, 0.1) is 5.69 Å². The Kier molecular flexibility index (Phi) is 4.69. The maximum absolute atomic E-state index is 12.8. The fourth-order valence-electron chi connectivity index (χ4n) is 4.10. The van der Waals surface area contributed by atoms with E-state index in [0.29, 0.717) is 11.6 Å². The third-order valence-electron chi connectivity index (χ3n) is 5.95. The lowest BCUT2D eigenvalue weighted by Crippen LogP contribution is -2.37. The van der Waals surface area contributed by atoms with Crippen LogP contribution in [0.3, 0.4) is 0 Å². The van der Waals surface area contributed by atoms with Crippen LogP contribution in [-0.4, -0.2) is 16.7 Å². The van der Waals surface area contributed by atoms with Crippen LogP contribution in [0.2, 0.25) is 0 Å². The molecule has 1 atom stereocenters. The van der Waals surface area contributed by atoms with Crippen molar-refractivity contribution < 1.29 is 4.74 Å². The van der Waals surface area contributed by atoms with E-state index in [9.17, 15) is 4.79 Å². The van der Waals surface area contributed by atoms with Crippen LogP contribution < -0.4 is 20.6 Å². The lowest BCUT2D eigenvalue weighted by Gasteiger charge is -2.21. The van der Waals surface area contributed by atoms with Crippen molar-refractivity contribution in [3.8, 4) is 5.75 Å². The number of nitrogens with zero attached hydrogens (tertiary/aromatic N) is 3. The van der Waals surface area contributed by atoms with Crippen LogP contribution in [0.25, 0.3) is 0 Å². The van der Waals surface area contributed by atoms with Gasteiger partial charge < -0.3 is 10.1 Å². The number of aromatic nitrogens is 2. The Morgan fingerprint density at radius 1 is 1.13 bits per heavy atom. The number of hydrogen-bond acceptors (Lipinski definition) is 5. The highest BCUT2D eigenvalue weighted by molar-refractivity contribution is 5.43. The highest BCUT2D eigenvalue weighted by Gasteiger charge is 2.29. The average molecular weight is 402 g/mol. The second-order valence-corrected chi connectivity index (χ2v) is 8.24. The molecule has 1 saturated carbocycles. The van der Waals surface area contributed by atoms with Crippen molar-refractivity contribution in [3.63, 3.8) is 0 Å². The van der Waals surface area contributed by atoms with Crippen LogP contribution >= 0.6 is 0 Å². The molecule has 1 aliphatic heterocycles. The highest BCUT2D eigenvalue weighted by Crippen LogP contribution is 2.36. The molecule has 1 unspecified atom stereocenters. The van der Waals surface area contributed by atoms with Gasteiger partial charge in [0.25, 0.3) is 5.56 Å². The van der Waals surface area contributed by atoms with E-state index in [-0.39, 0.29) is 18.3 Å². The Morgan fingerprint density at radius 3 is 2.70 bits per heavy atom. The smallest absolute Gasteiger partial charge is 0.274 e. The zero-order valence-electron chi connectivity index (χ0n) is 17.3. The van der Waals surface area contributed by atoms with Crippen molar-refractivity contribution in [2.75, 3.05) is 17.4 Å². The first kappa shape index (κ1) is 18.7. The van der Waals surface area contributed by atoms with Crippen LogP contribution in [0.4, 0.5) is 5.95 Å². The summed E-state index contributed by atoms with van der Waals surface area (Å²) in [6.07, 6.45) is 3.54. The van der Waals surface area contributed by atoms with Gasteiger partial charge in [-0.1, -0.05) is 42.5 Å². The molecule has 0 bridgehead atoms. The van der Waals surface area contributed by atoms with Crippen LogP contribution in [0.1, 0.15) is 41.4 Å². The fourth-order valence-corrected chi connectivity index (χ4v) is 4.10. The molecular formula is C24H26N4O2. The fraction of sp³-hybridized carbons (Fsp3) is 0.333. The molecule has 1 fully saturated rings. The van der Waals surface area contributed by atoms with Crippen LogP contribution in [0, 0.1) is 12.8 Å². The molecule has 1 aliphatic carbocycles. The summed E-state index contributed by atoms with van der Waals surface area (Å²) in [4.78, 5) is 17.5. The molecule has 0 spiro atoms. The summed E-state index contributed by atoms with van der Waals surface area (Å²) in [5, 5.41) is 5.23. The van der Waals surface area contributed by atoms with E-state index >= 15 is 0 Å². The predicted octanol–water partition coefficient (Wildman–Crippen LogP) is 3.78. The quantitative estimate of drug-likeness (QED) is 0.680.